The molecule has 6 nitrogen and oxygen atoms in total. The molecule has 29 heavy (non-hydrogen) atoms. The first-order valence-electron chi connectivity index (χ1n) is 10.3. The molecule has 0 amide bonds. The first kappa shape index (κ1) is 21.6. The summed E-state index contributed by atoms with van der Waals surface area (Å²) in [6.45, 7) is 8.21. The highest BCUT2D eigenvalue weighted by atomic mass is 32.2. The van der Waals surface area contributed by atoms with Crippen LogP contribution in [0.2, 0.25) is 0 Å². The van der Waals surface area contributed by atoms with Crippen molar-refractivity contribution in [1.29, 1.82) is 0 Å². The molecule has 0 radical (unpaired) electrons. The molecule has 158 valence electrons. The SMILES string of the molecule is CN=C(NCc1ccc(N2CCSCC2)cc1)N(C)Cc1cn(C)nc1C(C)C. The van der Waals surface area contributed by atoms with Gasteiger partial charge in [0.15, 0.2) is 5.96 Å². The Hall–Kier alpha value is -2.15. The smallest absolute Gasteiger partial charge is 0.193 e. The van der Waals surface area contributed by atoms with E-state index in [-0.39, 0.29) is 0 Å². The summed E-state index contributed by atoms with van der Waals surface area (Å²) in [5, 5.41) is 8.11. The number of anilines is 1. The molecule has 3 rings (SSSR count). The van der Waals surface area contributed by atoms with Crippen molar-refractivity contribution in [2.45, 2.75) is 32.9 Å². The Bertz CT molecular complexity index is 805. The van der Waals surface area contributed by atoms with Gasteiger partial charge >= 0.3 is 0 Å². The minimum atomic E-state index is 0.409. The maximum absolute atomic E-state index is 4.61. The van der Waals surface area contributed by atoms with E-state index in [0.29, 0.717) is 5.92 Å². The van der Waals surface area contributed by atoms with Crippen LogP contribution < -0.4 is 10.2 Å². The van der Waals surface area contributed by atoms with E-state index in [0.717, 1.165) is 37.8 Å². The van der Waals surface area contributed by atoms with Crippen LogP contribution in [-0.2, 0) is 20.1 Å². The van der Waals surface area contributed by atoms with Crippen LogP contribution in [0.5, 0.6) is 0 Å². The highest BCUT2D eigenvalue weighted by Gasteiger charge is 2.15. The van der Waals surface area contributed by atoms with Gasteiger partial charge < -0.3 is 15.1 Å². The fraction of sp³-hybridized carbons (Fsp3) is 0.545. The number of nitrogens with zero attached hydrogens (tertiary/aromatic N) is 5. The van der Waals surface area contributed by atoms with Crippen molar-refractivity contribution < 1.29 is 0 Å². The molecule has 2 aromatic rings. The second kappa shape index (κ2) is 10.1. The van der Waals surface area contributed by atoms with Crippen LogP contribution in [-0.4, -0.2) is 59.3 Å². The van der Waals surface area contributed by atoms with E-state index < -0.39 is 0 Å². The Balaban J connectivity index is 1.57. The zero-order chi connectivity index (χ0) is 20.8. The third-order valence-electron chi connectivity index (χ3n) is 5.23. The summed E-state index contributed by atoms with van der Waals surface area (Å²) in [5.41, 5.74) is 4.99. The van der Waals surface area contributed by atoms with Gasteiger partial charge in [-0.25, -0.2) is 0 Å². The quantitative estimate of drug-likeness (QED) is 0.581. The third kappa shape index (κ3) is 5.69. The van der Waals surface area contributed by atoms with Gasteiger partial charge in [0.25, 0.3) is 0 Å². The van der Waals surface area contributed by atoms with Crippen molar-refractivity contribution in [2.75, 3.05) is 43.6 Å². The highest BCUT2D eigenvalue weighted by Crippen LogP contribution is 2.20. The van der Waals surface area contributed by atoms with Gasteiger partial charge in [-0.15, -0.1) is 0 Å². The van der Waals surface area contributed by atoms with Crippen LogP contribution in [0.3, 0.4) is 0 Å². The van der Waals surface area contributed by atoms with Crippen molar-refractivity contribution in [3.8, 4) is 0 Å². The molecule has 0 bridgehead atoms. The monoisotopic (exact) mass is 414 g/mol. The summed E-state index contributed by atoms with van der Waals surface area (Å²) in [6.07, 6.45) is 2.11. The predicted octanol–water partition coefficient (Wildman–Crippen LogP) is 3.30. The summed E-state index contributed by atoms with van der Waals surface area (Å²) in [4.78, 5) is 9.09. The zero-order valence-electron chi connectivity index (χ0n) is 18.4. The molecule has 7 heteroatoms. The molecule has 1 aliphatic heterocycles. The average Bonchev–Trinajstić information content (AvgIpc) is 3.10. The van der Waals surface area contributed by atoms with Gasteiger partial charge in [0.2, 0.25) is 0 Å². The molecule has 0 unspecified atom stereocenters. The molecule has 0 saturated carbocycles. The second-order valence-electron chi connectivity index (χ2n) is 7.89. The van der Waals surface area contributed by atoms with Gasteiger partial charge in [-0.1, -0.05) is 26.0 Å². The van der Waals surface area contributed by atoms with Gasteiger partial charge in [-0.05, 0) is 23.6 Å². The van der Waals surface area contributed by atoms with Crippen LogP contribution in [0, 0.1) is 0 Å². The number of aryl methyl sites for hydroxylation is 1. The van der Waals surface area contributed by atoms with Gasteiger partial charge in [-0.3, -0.25) is 9.67 Å². The van der Waals surface area contributed by atoms with E-state index >= 15 is 0 Å². The first-order chi connectivity index (χ1) is 14.0. The third-order valence-corrected chi connectivity index (χ3v) is 6.17. The number of hydrogen-bond acceptors (Lipinski definition) is 4. The molecule has 1 aliphatic rings. The fourth-order valence-electron chi connectivity index (χ4n) is 3.71. The number of aliphatic imine (C=N–C) groups is 1. The van der Waals surface area contributed by atoms with Crippen LogP contribution in [0.1, 0.15) is 36.6 Å². The molecule has 1 aromatic carbocycles. The number of thioether (sulfide) groups is 1. The molecule has 1 aromatic heterocycles. The lowest BCUT2D eigenvalue weighted by Gasteiger charge is -2.28. The Labute approximate surface area is 179 Å². The lowest BCUT2D eigenvalue weighted by Crippen LogP contribution is -2.38. The molecule has 1 saturated heterocycles. The zero-order valence-corrected chi connectivity index (χ0v) is 19.2. The number of rotatable bonds is 6. The lowest BCUT2D eigenvalue weighted by atomic mass is 10.1. The Morgan fingerprint density at radius 1 is 1.24 bits per heavy atom. The van der Waals surface area contributed by atoms with Gasteiger partial charge in [-0.2, -0.15) is 16.9 Å². The predicted molar refractivity (Wildman–Crippen MR) is 125 cm³/mol. The Kier molecular flexibility index (Phi) is 7.47. The number of benzene rings is 1. The topological polar surface area (TPSA) is 48.7 Å². The molecule has 1 fully saturated rings. The number of aromatic nitrogens is 2. The first-order valence-corrected chi connectivity index (χ1v) is 11.5. The minimum Gasteiger partial charge on any atom is -0.370 e. The fourth-order valence-corrected chi connectivity index (χ4v) is 4.61. The molecule has 2 heterocycles. The Morgan fingerprint density at radius 3 is 2.55 bits per heavy atom. The van der Waals surface area contributed by atoms with Crippen molar-refractivity contribution in [1.82, 2.24) is 20.0 Å². The van der Waals surface area contributed by atoms with Crippen LogP contribution >= 0.6 is 11.8 Å². The van der Waals surface area contributed by atoms with Crippen LogP contribution in [0.25, 0.3) is 0 Å². The summed E-state index contributed by atoms with van der Waals surface area (Å²) in [5.74, 6) is 3.75. The second-order valence-corrected chi connectivity index (χ2v) is 9.12. The standard InChI is InChI=1S/C22H34N6S/c1-17(2)21-19(16-27(5)25-21)15-26(4)22(23-3)24-14-18-6-8-20(9-7-18)28-10-12-29-13-11-28/h6-9,16-17H,10-15H2,1-5H3,(H,23,24). The van der Waals surface area contributed by atoms with E-state index in [1.165, 1.54) is 28.3 Å². The van der Waals surface area contributed by atoms with Gasteiger partial charge in [0.05, 0.1) is 5.69 Å². The normalized spacial score (nSPS) is 15.1. The minimum absolute atomic E-state index is 0.409. The maximum Gasteiger partial charge on any atom is 0.193 e. The molecule has 0 spiro atoms. The molecular weight excluding hydrogens is 380 g/mol. The van der Waals surface area contributed by atoms with E-state index in [9.17, 15) is 0 Å². The highest BCUT2D eigenvalue weighted by molar-refractivity contribution is 7.99. The van der Waals surface area contributed by atoms with Gasteiger partial charge in [0, 0.05) is 76.3 Å². The lowest BCUT2D eigenvalue weighted by molar-refractivity contribution is 0.473. The number of nitrogens with one attached hydrogen (secondary N) is 1. The molecule has 0 aliphatic carbocycles. The summed E-state index contributed by atoms with van der Waals surface area (Å²) < 4.78 is 1.90. The summed E-state index contributed by atoms with van der Waals surface area (Å²) in [6, 6.07) is 8.92. The van der Waals surface area contributed by atoms with Crippen molar-refractivity contribution in [3.63, 3.8) is 0 Å². The van der Waals surface area contributed by atoms with Crippen molar-refractivity contribution in [3.05, 3.63) is 47.3 Å². The van der Waals surface area contributed by atoms with Crippen LogP contribution in [0.4, 0.5) is 5.69 Å². The number of hydrogen-bond donors (Lipinski definition) is 1. The van der Waals surface area contributed by atoms with E-state index in [2.05, 4.69) is 76.6 Å². The molecule has 1 N–H and O–H groups in total. The summed E-state index contributed by atoms with van der Waals surface area (Å²) in [7, 11) is 5.89. The van der Waals surface area contributed by atoms with E-state index in [1.54, 1.807) is 0 Å². The molecule has 0 atom stereocenters. The Morgan fingerprint density at radius 2 is 1.93 bits per heavy atom. The van der Waals surface area contributed by atoms with Crippen LogP contribution in [0.15, 0.2) is 35.5 Å². The molecular formula is C22H34N6S. The number of guanidine groups is 1. The van der Waals surface area contributed by atoms with E-state index in [1.807, 2.05) is 30.5 Å². The largest absolute Gasteiger partial charge is 0.370 e. The average molecular weight is 415 g/mol. The maximum atomic E-state index is 4.61. The van der Waals surface area contributed by atoms with Crippen molar-refractivity contribution in [2.24, 2.45) is 12.0 Å². The van der Waals surface area contributed by atoms with Crippen molar-refractivity contribution >= 4 is 23.4 Å². The van der Waals surface area contributed by atoms with Gasteiger partial charge in [0.1, 0.15) is 0 Å². The summed E-state index contributed by atoms with van der Waals surface area (Å²) >= 11 is 2.04. The van der Waals surface area contributed by atoms with E-state index in [4.69, 9.17) is 0 Å².